The van der Waals surface area contributed by atoms with Gasteiger partial charge in [-0.3, -0.25) is 4.79 Å². The Labute approximate surface area is 111 Å². The summed E-state index contributed by atoms with van der Waals surface area (Å²) in [7, 11) is 0. The quantitative estimate of drug-likeness (QED) is 0.832. The Morgan fingerprint density at radius 1 is 1.56 bits per heavy atom. The van der Waals surface area contributed by atoms with E-state index in [4.69, 9.17) is 17.3 Å². The van der Waals surface area contributed by atoms with E-state index < -0.39 is 0 Å². The van der Waals surface area contributed by atoms with Crippen molar-refractivity contribution in [2.45, 2.75) is 4.90 Å². The molecule has 3 N–H and O–H groups in total. The van der Waals surface area contributed by atoms with Gasteiger partial charge in [0.25, 0.3) is 5.91 Å². The van der Waals surface area contributed by atoms with E-state index in [1.54, 1.807) is 23.9 Å². The number of nitrogens with one attached hydrogen (secondary N) is 1. The number of amides is 1. The summed E-state index contributed by atoms with van der Waals surface area (Å²) in [4.78, 5) is 12.6. The average molecular weight is 281 g/mol. The van der Waals surface area contributed by atoms with Crippen LogP contribution >= 0.6 is 35.8 Å². The third-order valence-electron chi connectivity index (χ3n) is 1.85. The van der Waals surface area contributed by atoms with Gasteiger partial charge in [0.2, 0.25) is 0 Å². The van der Waals surface area contributed by atoms with Crippen molar-refractivity contribution in [3.8, 4) is 0 Å². The predicted molar refractivity (Wildman–Crippen MR) is 71.9 cm³/mol. The molecule has 1 aromatic carbocycles. The Hall–Kier alpha value is -0.420. The average Bonchev–Trinajstić information content (AvgIpc) is 2.26. The van der Waals surface area contributed by atoms with Crippen LogP contribution in [0.15, 0.2) is 23.1 Å². The van der Waals surface area contributed by atoms with Gasteiger partial charge in [0, 0.05) is 18.0 Å². The van der Waals surface area contributed by atoms with Crippen molar-refractivity contribution in [3.63, 3.8) is 0 Å². The molecule has 0 radical (unpaired) electrons. The highest BCUT2D eigenvalue weighted by molar-refractivity contribution is 7.98. The molecule has 0 spiro atoms. The first kappa shape index (κ1) is 15.6. The van der Waals surface area contributed by atoms with Gasteiger partial charge < -0.3 is 11.1 Å². The smallest absolute Gasteiger partial charge is 0.252 e. The normalized spacial score (nSPS) is 9.44. The molecule has 0 saturated carbocycles. The molecule has 16 heavy (non-hydrogen) atoms. The topological polar surface area (TPSA) is 55.1 Å². The minimum atomic E-state index is -0.179. The second-order valence-electron chi connectivity index (χ2n) is 2.89. The highest BCUT2D eigenvalue weighted by atomic mass is 35.5. The lowest BCUT2D eigenvalue weighted by molar-refractivity contribution is 0.0954. The Morgan fingerprint density at radius 3 is 2.81 bits per heavy atom. The molecule has 0 aliphatic rings. The molecule has 6 heteroatoms. The van der Waals surface area contributed by atoms with Gasteiger partial charge in [0.15, 0.2) is 0 Å². The summed E-state index contributed by atoms with van der Waals surface area (Å²) < 4.78 is 0. The number of hydrogen-bond acceptors (Lipinski definition) is 3. The van der Waals surface area contributed by atoms with Crippen LogP contribution in [0.2, 0.25) is 5.02 Å². The first-order chi connectivity index (χ1) is 7.19. The van der Waals surface area contributed by atoms with Crippen LogP contribution in [0.25, 0.3) is 0 Å². The maximum atomic E-state index is 11.6. The molecular weight excluding hydrogens is 267 g/mol. The van der Waals surface area contributed by atoms with Gasteiger partial charge >= 0.3 is 0 Å². The maximum absolute atomic E-state index is 11.6. The highest BCUT2D eigenvalue weighted by Gasteiger charge is 2.09. The van der Waals surface area contributed by atoms with E-state index in [-0.39, 0.29) is 18.3 Å². The van der Waals surface area contributed by atoms with E-state index in [0.717, 1.165) is 4.90 Å². The largest absolute Gasteiger partial charge is 0.351 e. The van der Waals surface area contributed by atoms with Crippen LogP contribution in [-0.2, 0) is 0 Å². The Kier molecular flexibility index (Phi) is 7.58. The van der Waals surface area contributed by atoms with Crippen molar-refractivity contribution in [1.82, 2.24) is 5.32 Å². The molecule has 1 rings (SSSR count). The molecule has 0 bridgehead atoms. The molecule has 1 amide bonds. The fraction of sp³-hybridized carbons (Fsp3) is 0.300. The monoisotopic (exact) mass is 280 g/mol. The second-order valence-corrected chi connectivity index (χ2v) is 4.18. The third-order valence-corrected chi connectivity index (χ3v) is 2.90. The highest BCUT2D eigenvalue weighted by Crippen LogP contribution is 2.22. The molecular formula is C10H14Cl2N2OS. The van der Waals surface area contributed by atoms with Crippen molar-refractivity contribution in [1.29, 1.82) is 0 Å². The SMILES string of the molecule is CSc1ccc(Cl)c(C(=O)NCCN)c1.Cl. The van der Waals surface area contributed by atoms with E-state index in [1.165, 1.54) is 0 Å². The van der Waals surface area contributed by atoms with Crippen LogP contribution in [0.5, 0.6) is 0 Å². The number of thioether (sulfide) groups is 1. The van der Waals surface area contributed by atoms with Crippen LogP contribution < -0.4 is 11.1 Å². The van der Waals surface area contributed by atoms with Crippen molar-refractivity contribution in [3.05, 3.63) is 28.8 Å². The summed E-state index contributed by atoms with van der Waals surface area (Å²) in [6.45, 7) is 0.879. The third kappa shape index (κ3) is 4.22. The van der Waals surface area contributed by atoms with E-state index in [2.05, 4.69) is 5.32 Å². The lowest BCUT2D eigenvalue weighted by Gasteiger charge is -2.06. The van der Waals surface area contributed by atoms with Gasteiger partial charge in [-0.2, -0.15) is 0 Å². The van der Waals surface area contributed by atoms with Crippen molar-refractivity contribution in [2.75, 3.05) is 19.3 Å². The minimum absolute atomic E-state index is 0. The number of nitrogens with two attached hydrogens (primary N) is 1. The van der Waals surface area contributed by atoms with Gasteiger partial charge in [0.05, 0.1) is 10.6 Å². The Morgan fingerprint density at radius 2 is 2.25 bits per heavy atom. The summed E-state index contributed by atoms with van der Waals surface area (Å²) in [5.74, 6) is -0.179. The van der Waals surface area contributed by atoms with Crippen molar-refractivity contribution >= 4 is 41.7 Å². The molecule has 0 heterocycles. The van der Waals surface area contributed by atoms with Crippen molar-refractivity contribution in [2.24, 2.45) is 5.73 Å². The van der Waals surface area contributed by atoms with Crippen LogP contribution in [0.1, 0.15) is 10.4 Å². The van der Waals surface area contributed by atoms with Gasteiger partial charge in [0.1, 0.15) is 0 Å². The first-order valence-electron chi connectivity index (χ1n) is 4.51. The summed E-state index contributed by atoms with van der Waals surface area (Å²) in [6, 6.07) is 5.39. The van der Waals surface area contributed by atoms with Gasteiger partial charge in [-0.05, 0) is 24.5 Å². The standard InChI is InChI=1S/C10H13ClN2OS.ClH/c1-15-7-2-3-9(11)8(6-7)10(14)13-5-4-12;/h2-3,6H,4-5,12H2,1H3,(H,13,14);1H. The minimum Gasteiger partial charge on any atom is -0.351 e. The number of rotatable bonds is 4. The maximum Gasteiger partial charge on any atom is 0.252 e. The number of carbonyl (C=O) groups is 1. The number of carbonyl (C=O) groups excluding carboxylic acids is 1. The summed E-state index contributed by atoms with van der Waals surface area (Å²) in [6.07, 6.45) is 1.95. The second kappa shape index (κ2) is 7.79. The zero-order valence-corrected chi connectivity index (χ0v) is 11.2. The van der Waals surface area contributed by atoms with Gasteiger partial charge in [-0.1, -0.05) is 11.6 Å². The van der Waals surface area contributed by atoms with E-state index in [9.17, 15) is 4.79 Å². The van der Waals surface area contributed by atoms with Crippen LogP contribution in [0, 0.1) is 0 Å². The predicted octanol–water partition coefficient (Wildman–Crippen LogP) is 2.17. The van der Waals surface area contributed by atoms with E-state index in [0.29, 0.717) is 23.7 Å². The Balaban J connectivity index is 0.00000225. The Bertz CT molecular complexity index is 361. The van der Waals surface area contributed by atoms with Crippen LogP contribution in [0.3, 0.4) is 0 Å². The molecule has 0 fully saturated rings. The summed E-state index contributed by atoms with van der Waals surface area (Å²) in [5, 5.41) is 3.14. The summed E-state index contributed by atoms with van der Waals surface area (Å²) >= 11 is 7.50. The van der Waals surface area contributed by atoms with Crippen molar-refractivity contribution < 1.29 is 4.79 Å². The number of halogens is 2. The van der Waals surface area contributed by atoms with Crippen LogP contribution in [0.4, 0.5) is 0 Å². The van der Waals surface area contributed by atoms with E-state index >= 15 is 0 Å². The van der Waals surface area contributed by atoms with Crippen LogP contribution in [-0.4, -0.2) is 25.3 Å². The van der Waals surface area contributed by atoms with E-state index in [1.807, 2.05) is 12.3 Å². The number of hydrogen-bond donors (Lipinski definition) is 2. The molecule has 0 saturated heterocycles. The molecule has 0 aromatic heterocycles. The molecule has 0 aliphatic carbocycles. The molecule has 1 aromatic rings. The number of benzene rings is 1. The molecule has 0 unspecified atom stereocenters. The first-order valence-corrected chi connectivity index (χ1v) is 6.11. The van der Waals surface area contributed by atoms with Gasteiger partial charge in [-0.25, -0.2) is 0 Å². The lowest BCUT2D eigenvalue weighted by Crippen LogP contribution is -2.29. The zero-order chi connectivity index (χ0) is 11.3. The fourth-order valence-electron chi connectivity index (χ4n) is 1.09. The van der Waals surface area contributed by atoms with Gasteiger partial charge in [-0.15, -0.1) is 24.2 Å². The lowest BCUT2D eigenvalue weighted by atomic mass is 10.2. The molecule has 3 nitrogen and oxygen atoms in total. The summed E-state index contributed by atoms with van der Waals surface area (Å²) in [5.41, 5.74) is 5.79. The fourth-order valence-corrected chi connectivity index (χ4v) is 1.73. The zero-order valence-electron chi connectivity index (χ0n) is 8.83. The molecule has 0 atom stereocenters. The molecule has 0 aliphatic heterocycles. The molecule has 90 valence electrons.